The Hall–Kier alpha value is -2.74. The summed E-state index contributed by atoms with van der Waals surface area (Å²) in [5, 5.41) is 4.19. The largest absolute Gasteiger partial charge is 0.336 e. The lowest BCUT2D eigenvalue weighted by atomic mass is 10.1. The van der Waals surface area contributed by atoms with Gasteiger partial charge in [-0.1, -0.05) is 12.1 Å². The molecule has 1 atom stereocenters. The van der Waals surface area contributed by atoms with Crippen LogP contribution in [0.3, 0.4) is 0 Å². The van der Waals surface area contributed by atoms with Crippen molar-refractivity contribution in [3.05, 3.63) is 53.6 Å². The average molecular weight is 399 g/mol. The summed E-state index contributed by atoms with van der Waals surface area (Å²) >= 11 is 0. The predicted octanol–water partition coefficient (Wildman–Crippen LogP) is 1.60. The third kappa shape index (κ3) is 4.03. The van der Waals surface area contributed by atoms with Crippen LogP contribution in [0.2, 0.25) is 0 Å². The number of aryl methyl sites for hydroxylation is 1. The van der Waals surface area contributed by atoms with Crippen LogP contribution in [0.15, 0.2) is 36.5 Å². The number of benzene rings is 1. The van der Waals surface area contributed by atoms with Gasteiger partial charge in [0, 0.05) is 52.0 Å². The second-order valence-electron chi connectivity index (χ2n) is 7.55. The highest BCUT2D eigenvalue weighted by molar-refractivity contribution is 5.92. The van der Waals surface area contributed by atoms with Crippen molar-refractivity contribution in [1.29, 1.82) is 0 Å². The van der Waals surface area contributed by atoms with Gasteiger partial charge in [0.05, 0.1) is 6.04 Å². The normalized spacial score (nSPS) is 20.5. The Morgan fingerprint density at radius 1 is 1.10 bits per heavy atom. The first-order valence-electron chi connectivity index (χ1n) is 10.1. The standard InChI is InChI=1S/C21H26FN5O2/c1-2-27-19(7-9-23-27)21(29)25-10-8-18-20(28)26(14-12-24(18)11-13-25)15-16-3-5-17(22)6-4-16/h3-7,9,18H,2,8,10-15H2,1H3. The Labute approximate surface area is 169 Å². The molecule has 7 nitrogen and oxygen atoms in total. The first kappa shape index (κ1) is 19.6. The molecule has 1 aromatic heterocycles. The molecule has 2 aromatic rings. The van der Waals surface area contributed by atoms with Crippen molar-refractivity contribution < 1.29 is 14.0 Å². The topological polar surface area (TPSA) is 61.7 Å². The summed E-state index contributed by atoms with van der Waals surface area (Å²) in [4.78, 5) is 31.9. The number of rotatable bonds is 4. The van der Waals surface area contributed by atoms with E-state index in [4.69, 9.17) is 0 Å². The molecule has 2 fully saturated rings. The quantitative estimate of drug-likeness (QED) is 0.784. The van der Waals surface area contributed by atoms with Gasteiger partial charge in [0.25, 0.3) is 5.91 Å². The van der Waals surface area contributed by atoms with Crippen LogP contribution in [0.5, 0.6) is 0 Å². The summed E-state index contributed by atoms with van der Waals surface area (Å²) in [5.41, 5.74) is 1.52. The summed E-state index contributed by atoms with van der Waals surface area (Å²) in [5.74, 6) is -0.212. The van der Waals surface area contributed by atoms with Gasteiger partial charge in [-0.05, 0) is 37.1 Å². The third-order valence-electron chi connectivity index (χ3n) is 5.83. The molecule has 2 aliphatic rings. The fourth-order valence-electron chi connectivity index (χ4n) is 4.19. The minimum Gasteiger partial charge on any atom is -0.336 e. The van der Waals surface area contributed by atoms with E-state index in [9.17, 15) is 14.0 Å². The van der Waals surface area contributed by atoms with Crippen LogP contribution >= 0.6 is 0 Å². The van der Waals surface area contributed by atoms with Crippen molar-refractivity contribution >= 4 is 11.8 Å². The van der Waals surface area contributed by atoms with E-state index in [0.717, 1.165) is 12.1 Å². The van der Waals surface area contributed by atoms with Crippen LogP contribution in [-0.4, -0.2) is 75.1 Å². The zero-order valence-corrected chi connectivity index (χ0v) is 16.6. The maximum atomic E-state index is 13.1. The summed E-state index contributed by atoms with van der Waals surface area (Å²) in [6, 6.07) is 7.83. The van der Waals surface area contributed by atoms with Gasteiger partial charge >= 0.3 is 0 Å². The lowest BCUT2D eigenvalue weighted by Gasteiger charge is -2.39. The van der Waals surface area contributed by atoms with Gasteiger partial charge < -0.3 is 9.80 Å². The Morgan fingerprint density at radius 2 is 1.86 bits per heavy atom. The number of fused-ring (bicyclic) bond motifs is 1. The molecule has 0 aliphatic carbocycles. The second kappa shape index (κ2) is 8.32. The lowest BCUT2D eigenvalue weighted by molar-refractivity contribution is -0.142. The van der Waals surface area contributed by atoms with E-state index < -0.39 is 0 Å². The molecule has 0 saturated carbocycles. The van der Waals surface area contributed by atoms with Crippen molar-refractivity contribution in [1.82, 2.24) is 24.5 Å². The molecule has 0 N–H and O–H groups in total. The molecule has 2 saturated heterocycles. The van der Waals surface area contributed by atoms with E-state index in [1.165, 1.54) is 12.1 Å². The highest BCUT2D eigenvalue weighted by atomic mass is 19.1. The molecule has 1 unspecified atom stereocenters. The molecule has 1 aromatic carbocycles. The van der Waals surface area contributed by atoms with Gasteiger partial charge in [-0.3, -0.25) is 19.2 Å². The fraction of sp³-hybridized carbons (Fsp3) is 0.476. The minimum atomic E-state index is -0.275. The second-order valence-corrected chi connectivity index (χ2v) is 7.55. The summed E-state index contributed by atoms with van der Waals surface area (Å²) in [6.07, 6.45) is 2.26. The molecule has 4 rings (SSSR count). The van der Waals surface area contributed by atoms with E-state index in [1.807, 2.05) is 16.7 Å². The summed E-state index contributed by atoms with van der Waals surface area (Å²) in [6.45, 7) is 6.36. The van der Waals surface area contributed by atoms with Crippen molar-refractivity contribution in [2.75, 3.05) is 32.7 Å². The highest BCUT2D eigenvalue weighted by Crippen LogP contribution is 2.21. The van der Waals surface area contributed by atoms with E-state index in [-0.39, 0.29) is 23.7 Å². The molecule has 8 heteroatoms. The number of carbonyl (C=O) groups is 2. The Balaban J connectivity index is 1.42. The molecule has 154 valence electrons. The summed E-state index contributed by atoms with van der Waals surface area (Å²) < 4.78 is 14.8. The fourth-order valence-corrected chi connectivity index (χ4v) is 4.19. The molecule has 0 bridgehead atoms. The molecule has 2 amide bonds. The van der Waals surface area contributed by atoms with Gasteiger partial charge in [0.1, 0.15) is 11.5 Å². The van der Waals surface area contributed by atoms with Crippen LogP contribution < -0.4 is 0 Å². The Bertz CT molecular complexity index is 881. The Kier molecular flexibility index (Phi) is 5.62. The number of nitrogens with zero attached hydrogens (tertiary/aromatic N) is 5. The number of hydrogen-bond acceptors (Lipinski definition) is 4. The first-order chi connectivity index (χ1) is 14.1. The van der Waals surface area contributed by atoms with Gasteiger partial charge in [-0.2, -0.15) is 5.10 Å². The highest BCUT2D eigenvalue weighted by Gasteiger charge is 2.37. The van der Waals surface area contributed by atoms with E-state index in [2.05, 4.69) is 10.00 Å². The number of carbonyl (C=O) groups excluding carboxylic acids is 2. The van der Waals surface area contributed by atoms with Crippen LogP contribution in [-0.2, 0) is 17.9 Å². The predicted molar refractivity (Wildman–Crippen MR) is 106 cm³/mol. The monoisotopic (exact) mass is 399 g/mol. The molecule has 0 radical (unpaired) electrons. The van der Waals surface area contributed by atoms with E-state index in [0.29, 0.717) is 51.4 Å². The SMILES string of the molecule is CCn1nccc1C(=O)N1CCC2C(=O)N(Cc3ccc(F)cc3)CCN2CC1. The Morgan fingerprint density at radius 3 is 2.62 bits per heavy atom. The van der Waals surface area contributed by atoms with Crippen LogP contribution in [0, 0.1) is 5.82 Å². The van der Waals surface area contributed by atoms with Gasteiger partial charge in [-0.15, -0.1) is 0 Å². The van der Waals surface area contributed by atoms with Crippen molar-refractivity contribution in [3.63, 3.8) is 0 Å². The number of piperazine rings is 1. The smallest absolute Gasteiger partial charge is 0.272 e. The number of halogens is 1. The van der Waals surface area contributed by atoms with Crippen molar-refractivity contribution in [2.45, 2.75) is 32.5 Å². The molecular weight excluding hydrogens is 373 g/mol. The molecule has 29 heavy (non-hydrogen) atoms. The van der Waals surface area contributed by atoms with Gasteiger partial charge in [-0.25, -0.2) is 4.39 Å². The minimum absolute atomic E-state index is 0.0279. The van der Waals surface area contributed by atoms with Crippen LogP contribution in [0.25, 0.3) is 0 Å². The number of amides is 2. The molecule has 2 aliphatic heterocycles. The average Bonchev–Trinajstić information content (AvgIpc) is 3.10. The third-order valence-corrected chi connectivity index (χ3v) is 5.83. The number of hydrogen-bond donors (Lipinski definition) is 0. The summed E-state index contributed by atoms with van der Waals surface area (Å²) in [7, 11) is 0. The molecule has 3 heterocycles. The molecular formula is C21H26FN5O2. The van der Waals surface area contributed by atoms with E-state index >= 15 is 0 Å². The zero-order chi connectivity index (χ0) is 20.4. The maximum absolute atomic E-state index is 13.1. The van der Waals surface area contributed by atoms with Crippen LogP contribution in [0.1, 0.15) is 29.4 Å². The zero-order valence-electron chi connectivity index (χ0n) is 16.6. The maximum Gasteiger partial charge on any atom is 0.272 e. The van der Waals surface area contributed by atoms with Gasteiger partial charge in [0.15, 0.2) is 0 Å². The number of aromatic nitrogens is 2. The van der Waals surface area contributed by atoms with Crippen molar-refractivity contribution in [3.8, 4) is 0 Å². The lowest BCUT2D eigenvalue weighted by Crippen LogP contribution is -2.56. The van der Waals surface area contributed by atoms with Crippen LogP contribution in [0.4, 0.5) is 4.39 Å². The van der Waals surface area contributed by atoms with E-state index in [1.54, 1.807) is 29.1 Å². The van der Waals surface area contributed by atoms with Gasteiger partial charge in [0.2, 0.25) is 5.91 Å². The van der Waals surface area contributed by atoms with Crippen molar-refractivity contribution in [2.24, 2.45) is 0 Å². The molecule has 0 spiro atoms. The first-order valence-corrected chi connectivity index (χ1v) is 10.1.